The van der Waals surface area contributed by atoms with E-state index in [9.17, 15) is 4.79 Å². The molecule has 1 aliphatic rings. The van der Waals surface area contributed by atoms with E-state index in [1.54, 1.807) is 0 Å². The first kappa shape index (κ1) is 15.4. The van der Waals surface area contributed by atoms with Crippen LogP contribution in [0, 0.1) is 6.92 Å². The number of imidazole rings is 1. The van der Waals surface area contributed by atoms with Crippen molar-refractivity contribution in [2.24, 2.45) is 0 Å². The van der Waals surface area contributed by atoms with Gasteiger partial charge in [0.25, 0.3) is 5.56 Å². The Morgan fingerprint density at radius 2 is 1.83 bits per heavy atom. The molecule has 2 heterocycles. The summed E-state index contributed by atoms with van der Waals surface area (Å²) in [7, 11) is 0. The minimum absolute atomic E-state index is 0.101. The minimum Gasteiger partial charge on any atom is -0.312 e. The van der Waals surface area contributed by atoms with Crippen molar-refractivity contribution in [3.8, 4) is 0 Å². The van der Waals surface area contributed by atoms with Gasteiger partial charge in [-0.15, -0.1) is 0 Å². The van der Waals surface area contributed by atoms with Crippen LogP contribution in [-0.2, 0) is 6.42 Å². The molecule has 2 aromatic heterocycles. The minimum atomic E-state index is 0.101. The van der Waals surface area contributed by atoms with E-state index in [2.05, 4.69) is 18.4 Å². The molecule has 1 fully saturated rings. The summed E-state index contributed by atoms with van der Waals surface area (Å²) in [4.78, 5) is 17.9. The summed E-state index contributed by atoms with van der Waals surface area (Å²) in [5.41, 5.74) is 3.97. The molecule has 0 bridgehead atoms. The van der Waals surface area contributed by atoms with Gasteiger partial charge in [0.2, 0.25) is 5.78 Å². The van der Waals surface area contributed by atoms with Crippen LogP contribution in [0.2, 0.25) is 0 Å². The second-order valence-electron chi connectivity index (χ2n) is 6.97. The topological polar surface area (TPSA) is 39.3 Å². The average molecular weight is 323 g/mol. The summed E-state index contributed by atoms with van der Waals surface area (Å²) in [6, 6.07) is 8.43. The van der Waals surface area contributed by atoms with E-state index in [0.29, 0.717) is 6.04 Å². The molecule has 0 spiro atoms. The van der Waals surface area contributed by atoms with Crippen LogP contribution < -0.4 is 5.56 Å². The normalized spacial score (nSPS) is 16.8. The Morgan fingerprint density at radius 3 is 2.54 bits per heavy atom. The molecule has 0 radical (unpaired) electrons. The lowest BCUT2D eigenvalue weighted by atomic mass is 10.1. The van der Waals surface area contributed by atoms with Gasteiger partial charge in [-0.25, -0.2) is 9.38 Å². The lowest BCUT2D eigenvalue weighted by molar-refractivity contribution is 0.436. The summed E-state index contributed by atoms with van der Waals surface area (Å²) in [5, 5.41) is 0. The van der Waals surface area contributed by atoms with Crippen molar-refractivity contribution < 1.29 is 0 Å². The van der Waals surface area contributed by atoms with Gasteiger partial charge in [0.15, 0.2) is 0 Å². The molecule has 0 saturated heterocycles. The fraction of sp³-hybridized carbons (Fsp3) is 0.500. The summed E-state index contributed by atoms with van der Waals surface area (Å²) < 4.78 is 4.21. The fourth-order valence-corrected chi connectivity index (χ4v) is 4.32. The zero-order valence-corrected chi connectivity index (χ0v) is 14.6. The van der Waals surface area contributed by atoms with Gasteiger partial charge >= 0.3 is 0 Å². The Balaban J connectivity index is 2.09. The molecule has 3 aromatic rings. The first-order chi connectivity index (χ1) is 11.7. The number of nitrogens with zero attached hydrogens (tertiary/aromatic N) is 3. The van der Waals surface area contributed by atoms with Gasteiger partial charge in [-0.2, -0.15) is 0 Å². The molecule has 0 amide bonds. The van der Waals surface area contributed by atoms with Crippen LogP contribution in [0.4, 0.5) is 0 Å². The maximum Gasteiger partial charge on any atom is 0.262 e. The van der Waals surface area contributed by atoms with Crippen LogP contribution in [0.1, 0.15) is 62.7 Å². The summed E-state index contributed by atoms with van der Waals surface area (Å²) in [6.07, 6.45) is 8.32. The summed E-state index contributed by atoms with van der Waals surface area (Å²) >= 11 is 0. The van der Waals surface area contributed by atoms with Gasteiger partial charge in [0.1, 0.15) is 0 Å². The summed E-state index contributed by atoms with van der Waals surface area (Å²) in [5.74, 6) is 0.822. The predicted molar refractivity (Wildman–Crippen MR) is 97.8 cm³/mol. The van der Waals surface area contributed by atoms with E-state index < -0.39 is 0 Å². The molecule has 1 aromatic carbocycles. The molecular weight excluding hydrogens is 298 g/mol. The molecule has 0 aliphatic heterocycles. The highest BCUT2D eigenvalue weighted by Gasteiger charge is 2.23. The standard InChI is InChI=1S/C20H25N3O/c1-3-16-14(2)22(15-10-6-4-5-7-11-15)20-21-17-12-8-9-13-18(17)23(20)19(16)24/h8-9,12-13,15H,3-7,10-11H2,1-2H3. The zero-order chi connectivity index (χ0) is 16.7. The molecule has 1 saturated carbocycles. The third-order valence-electron chi connectivity index (χ3n) is 5.56. The summed E-state index contributed by atoms with van der Waals surface area (Å²) in [6.45, 7) is 4.18. The third-order valence-corrected chi connectivity index (χ3v) is 5.56. The Labute approximate surface area is 142 Å². The monoisotopic (exact) mass is 323 g/mol. The Hall–Kier alpha value is -2.10. The highest BCUT2D eigenvalue weighted by Crippen LogP contribution is 2.31. The fourth-order valence-electron chi connectivity index (χ4n) is 4.32. The average Bonchev–Trinajstić information content (AvgIpc) is 2.76. The number of hydrogen-bond donors (Lipinski definition) is 0. The molecule has 0 unspecified atom stereocenters. The van der Waals surface area contributed by atoms with Gasteiger partial charge in [0, 0.05) is 17.3 Å². The van der Waals surface area contributed by atoms with Crippen LogP contribution in [0.3, 0.4) is 0 Å². The molecule has 126 valence electrons. The van der Waals surface area contributed by atoms with Crippen LogP contribution in [0.15, 0.2) is 29.1 Å². The first-order valence-corrected chi connectivity index (χ1v) is 9.23. The largest absolute Gasteiger partial charge is 0.312 e. The van der Waals surface area contributed by atoms with E-state index >= 15 is 0 Å². The van der Waals surface area contributed by atoms with Gasteiger partial charge in [-0.05, 0) is 38.3 Å². The molecule has 1 aliphatic carbocycles. The van der Waals surface area contributed by atoms with Crippen molar-refractivity contribution in [3.63, 3.8) is 0 Å². The number of aromatic nitrogens is 3. The molecule has 0 N–H and O–H groups in total. The van der Waals surface area contributed by atoms with Crippen molar-refractivity contribution >= 4 is 16.8 Å². The molecule has 24 heavy (non-hydrogen) atoms. The highest BCUT2D eigenvalue weighted by molar-refractivity contribution is 5.79. The Bertz CT molecular complexity index is 943. The van der Waals surface area contributed by atoms with Crippen LogP contribution in [0.25, 0.3) is 16.8 Å². The predicted octanol–water partition coefficient (Wildman–Crippen LogP) is 4.42. The van der Waals surface area contributed by atoms with Gasteiger partial charge in [0.05, 0.1) is 11.0 Å². The Morgan fingerprint density at radius 1 is 1.12 bits per heavy atom. The second kappa shape index (κ2) is 6.08. The van der Waals surface area contributed by atoms with Crippen molar-refractivity contribution in [3.05, 3.63) is 45.9 Å². The lowest BCUT2D eigenvalue weighted by Crippen LogP contribution is -2.27. The van der Waals surface area contributed by atoms with E-state index in [-0.39, 0.29) is 5.56 Å². The molecule has 0 atom stereocenters. The number of benzene rings is 1. The number of fused-ring (bicyclic) bond motifs is 3. The van der Waals surface area contributed by atoms with Crippen LogP contribution >= 0.6 is 0 Å². The van der Waals surface area contributed by atoms with Gasteiger partial charge < -0.3 is 4.57 Å². The van der Waals surface area contributed by atoms with E-state index in [4.69, 9.17) is 4.98 Å². The van der Waals surface area contributed by atoms with E-state index in [1.165, 1.54) is 38.5 Å². The molecule has 4 rings (SSSR count). The SMILES string of the molecule is CCc1c(C)n(C2CCCCCC2)c2nc3ccccc3n2c1=O. The third kappa shape index (κ3) is 2.27. The maximum absolute atomic E-state index is 13.1. The number of rotatable bonds is 2. The van der Waals surface area contributed by atoms with Crippen LogP contribution in [0.5, 0.6) is 0 Å². The quantitative estimate of drug-likeness (QED) is 0.655. The smallest absolute Gasteiger partial charge is 0.262 e. The molecular formula is C20H25N3O. The van der Waals surface area contributed by atoms with E-state index in [0.717, 1.165) is 34.5 Å². The van der Waals surface area contributed by atoms with Crippen molar-refractivity contribution in [2.45, 2.75) is 64.8 Å². The molecule has 4 nitrogen and oxygen atoms in total. The lowest BCUT2D eigenvalue weighted by Gasteiger charge is -2.24. The molecule has 4 heteroatoms. The van der Waals surface area contributed by atoms with Gasteiger partial charge in [-0.1, -0.05) is 44.7 Å². The maximum atomic E-state index is 13.1. The van der Waals surface area contributed by atoms with Crippen LogP contribution in [-0.4, -0.2) is 14.0 Å². The first-order valence-electron chi connectivity index (χ1n) is 9.23. The van der Waals surface area contributed by atoms with Crippen molar-refractivity contribution in [2.75, 3.05) is 0 Å². The van der Waals surface area contributed by atoms with Gasteiger partial charge in [-0.3, -0.25) is 4.79 Å². The number of hydrogen-bond acceptors (Lipinski definition) is 2. The number of para-hydroxylation sites is 2. The second-order valence-corrected chi connectivity index (χ2v) is 6.97. The highest BCUT2D eigenvalue weighted by atomic mass is 16.1. The van der Waals surface area contributed by atoms with E-state index in [1.807, 2.05) is 28.7 Å². The van der Waals surface area contributed by atoms with Crippen molar-refractivity contribution in [1.29, 1.82) is 0 Å². The zero-order valence-electron chi connectivity index (χ0n) is 14.6. The Kier molecular flexibility index (Phi) is 3.91. The van der Waals surface area contributed by atoms with Crippen molar-refractivity contribution in [1.82, 2.24) is 14.0 Å².